The minimum Gasteiger partial charge on any atom is -0.462 e. The summed E-state index contributed by atoms with van der Waals surface area (Å²) in [7, 11) is 0. The molecule has 0 heterocycles. The number of carbonyl (C=O) groups is 1. The highest BCUT2D eigenvalue weighted by Gasteiger charge is 2.07. The molecule has 0 aromatic heterocycles. The number of allylic oxidation sites excluding steroid dienone is 2. The van der Waals surface area contributed by atoms with E-state index in [4.69, 9.17) is 28.5 Å². The van der Waals surface area contributed by atoms with E-state index < -0.39 is 5.97 Å². The number of carbonyl (C=O) groups excluding carboxylic acids is 1. The fourth-order valence-electron chi connectivity index (χ4n) is 0.506. The van der Waals surface area contributed by atoms with E-state index in [1.165, 1.54) is 12.2 Å². The number of hydrogen-bond donors (Lipinski definition) is 0. The maximum atomic E-state index is 11.0. The highest BCUT2D eigenvalue weighted by atomic mass is 35.5. The largest absolute Gasteiger partial charge is 0.462 e. The molecule has 0 spiro atoms. The predicted molar refractivity (Wildman–Crippen MR) is 50.1 cm³/mol. The Morgan fingerprint density at radius 2 is 2.15 bits per heavy atom. The summed E-state index contributed by atoms with van der Waals surface area (Å²) >= 11 is 10.6. The maximum absolute atomic E-state index is 11.0. The van der Waals surface area contributed by atoms with Gasteiger partial charge in [-0.05, 0) is 19.1 Å². The van der Waals surface area contributed by atoms with Gasteiger partial charge in [0.1, 0.15) is 16.1 Å². The number of halogens is 2. The van der Waals surface area contributed by atoms with Gasteiger partial charge in [0.05, 0.1) is 6.61 Å². The van der Waals surface area contributed by atoms with E-state index in [0.29, 0.717) is 0 Å². The second kappa shape index (κ2) is 6.53. The lowest BCUT2D eigenvalue weighted by molar-refractivity contribution is -0.138. The highest BCUT2D eigenvalue weighted by Crippen LogP contribution is 2.07. The van der Waals surface area contributed by atoms with E-state index >= 15 is 0 Å². The zero-order valence-electron chi connectivity index (χ0n) is 6.88. The van der Waals surface area contributed by atoms with E-state index in [0.717, 1.165) is 0 Å². The third-order valence-electron chi connectivity index (χ3n) is 0.992. The lowest BCUT2D eigenvalue weighted by Crippen LogP contribution is -2.05. The molecule has 13 heavy (non-hydrogen) atoms. The maximum Gasteiger partial charge on any atom is 0.348 e. The molecular weight excluding hydrogens is 213 g/mol. The fourth-order valence-corrected chi connectivity index (χ4v) is 0.632. The molecule has 0 saturated carbocycles. The monoisotopic (exact) mass is 219 g/mol. The molecule has 0 bridgehead atoms. The van der Waals surface area contributed by atoms with Crippen LogP contribution in [0.15, 0.2) is 22.2 Å². The first-order valence-corrected chi connectivity index (χ1v) is 4.17. The van der Waals surface area contributed by atoms with Gasteiger partial charge in [-0.2, -0.15) is 5.26 Å². The van der Waals surface area contributed by atoms with Gasteiger partial charge in [0.25, 0.3) is 0 Å². The molecule has 0 fully saturated rings. The van der Waals surface area contributed by atoms with Gasteiger partial charge < -0.3 is 4.74 Å². The zero-order valence-corrected chi connectivity index (χ0v) is 8.39. The van der Waals surface area contributed by atoms with Gasteiger partial charge in [0, 0.05) is 0 Å². The standard InChI is InChI=1S/C8H7Cl2NO2/c1-2-13-8(12)6(5-11)3-4-7(9)10/h3-4H,2H2,1H3/b6-3+. The lowest BCUT2D eigenvalue weighted by Gasteiger charge is -1.97. The second-order valence-electron chi connectivity index (χ2n) is 1.87. The third-order valence-corrected chi connectivity index (χ3v) is 1.24. The molecule has 3 nitrogen and oxygen atoms in total. The molecule has 0 N–H and O–H groups in total. The molecular formula is C8H7Cl2NO2. The average molecular weight is 220 g/mol. The van der Waals surface area contributed by atoms with Crippen LogP contribution in [-0.2, 0) is 9.53 Å². The Hall–Kier alpha value is -0.980. The van der Waals surface area contributed by atoms with E-state index in [1.807, 2.05) is 0 Å². The van der Waals surface area contributed by atoms with Crippen LogP contribution in [0.5, 0.6) is 0 Å². The van der Waals surface area contributed by atoms with Crippen molar-refractivity contribution in [2.45, 2.75) is 6.92 Å². The molecule has 0 aliphatic heterocycles. The Morgan fingerprint density at radius 3 is 2.54 bits per heavy atom. The topological polar surface area (TPSA) is 50.1 Å². The van der Waals surface area contributed by atoms with Crippen LogP contribution in [0.25, 0.3) is 0 Å². The molecule has 70 valence electrons. The van der Waals surface area contributed by atoms with Gasteiger partial charge in [-0.25, -0.2) is 4.79 Å². The van der Waals surface area contributed by atoms with Crippen LogP contribution >= 0.6 is 23.2 Å². The quantitative estimate of drug-likeness (QED) is 0.317. The van der Waals surface area contributed by atoms with Crippen molar-refractivity contribution >= 4 is 29.2 Å². The van der Waals surface area contributed by atoms with Crippen molar-refractivity contribution < 1.29 is 9.53 Å². The molecule has 0 aromatic rings. The van der Waals surface area contributed by atoms with Crippen molar-refractivity contribution in [1.29, 1.82) is 5.26 Å². The molecule has 0 saturated heterocycles. The zero-order chi connectivity index (χ0) is 10.3. The Morgan fingerprint density at radius 1 is 1.54 bits per heavy atom. The first-order chi connectivity index (χ1) is 6.11. The van der Waals surface area contributed by atoms with Crippen LogP contribution in [-0.4, -0.2) is 12.6 Å². The first kappa shape index (κ1) is 12.0. The predicted octanol–water partition coefficient (Wildman–Crippen LogP) is 2.32. The average Bonchev–Trinajstić information content (AvgIpc) is 2.05. The summed E-state index contributed by atoms with van der Waals surface area (Å²) in [5.74, 6) is -0.684. The second-order valence-corrected chi connectivity index (χ2v) is 2.88. The molecule has 0 amide bonds. The summed E-state index contributed by atoms with van der Waals surface area (Å²) in [4.78, 5) is 11.0. The molecule has 0 radical (unpaired) electrons. The van der Waals surface area contributed by atoms with Gasteiger partial charge in [-0.3, -0.25) is 0 Å². The Bertz CT molecular complexity index is 285. The van der Waals surface area contributed by atoms with Crippen molar-refractivity contribution in [3.63, 3.8) is 0 Å². The minimum atomic E-state index is -0.684. The van der Waals surface area contributed by atoms with Crippen LogP contribution in [0.1, 0.15) is 6.92 Å². The van der Waals surface area contributed by atoms with E-state index in [2.05, 4.69) is 4.74 Å². The Balaban J connectivity index is 4.53. The van der Waals surface area contributed by atoms with Crippen molar-refractivity contribution in [1.82, 2.24) is 0 Å². The summed E-state index contributed by atoms with van der Waals surface area (Å²) in [6.45, 7) is 1.87. The molecule has 0 unspecified atom stereocenters. The van der Waals surface area contributed by atoms with Gasteiger partial charge in [0.2, 0.25) is 0 Å². The Labute approximate surface area is 86.2 Å². The molecule has 5 heteroatoms. The summed E-state index contributed by atoms with van der Waals surface area (Å²) in [5, 5.41) is 8.50. The van der Waals surface area contributed by atoms with Gasteiger partial charge in [-0.15, -0.1) is 0 Å². The summed E-state index contributed by atoms with van der Waals surface area (Å²) in [6, 6.07) is 1.67. The molecule has 0 aliphatic rings. The molecule has 0 atom stereocenters. The van der Waals surface area contributed by atoms with E-state index in [9.17, 15) is 4.79 Å². The van der Waals surface area contributed by atoms with Gasteiger partial charge in [-0.1, -0.05) is 23.2 Å². The normalized spacial score (nSPS) is 10.2. The molecule has 0 aliphatic carbocycles. The SMILES string of the molecule is CCOC(=O)/C(C#N)=C/C=C(Cl)Cl. The van der Waals surface area contributed by atoms with Crippen LogP contribution in [0.2, 0.25) is 0 Å². The minimum absolute atomic E-state index is 0.0305. The van der Waals surface area contributed by atoms with Gasteiger partial charge in [0.15, 0.2) is 0 Å². The lowest BCUT2D eigenvalue weighted by atomic mass is 10.3. The highest BCUT2D eigenvalue weighted by molar-refractivity contribution is 6.56. The third kappa shape index (κ3) is 5.29. The number of nitrogens with zero attached hydrogens (tertiary/aromatic N) is 1. The van der Waals surface area contributed by atoms with Crippen molar-refractivity contribution in [3.8, 4) is 6.07 Å². The number of nitriles is 1. The molecule has 0 aromatic carbocycles. The van der Waals surface area contributed by atoms with Crippen molar-refractivity contribution in [2.24, 2.45) is 0 Å². The number of hydrogen-bond acceptors (Lipinski definition) is 3. The van der Waals surface area contributed by atoms with E-state index in [-0.39, 0.29) is 16.7 Å². The molecule has 0 rings (SSSR count). The number of esters is 1. The van der Waals surface area contributed by atoms with Crippen LogP contribution in [0, 0.1) is 11.3 Å². The van der Waals surface area contributed by atoms with Crippen LogP contribution in [0.4, 0.5) is 0 Å². The van der Waals surface area contributed by atoms with Gasteiger partial charge >= 0.3 is 5.97 Å². The summed E-state index contributed by atoms with van der Waals surface area (Å²) in [5.41, 5.74) is -0.138. The van der Waals surface area contributed by atoms with Crippen LogP contribution < -0.4 is 0 Å². The number of rotatable bonds is 3. The summed E-state index contributed by atoms with van der Waals surface area (Å²) in [6.07, 6.45) is 2.44. The smallest absolute Gasteiger partial charge is 0.348 e. The van der Waals surface area contributed by atoms with Crippen molar-refractivity contribution in [2.75, 3.05) is 6.61 Å². The number of ether oxygens (including phenoxy) is 1. The van der Waals surface area contributed by atoms with E-state index in [1.54, 1.807) is 13.0 Å². The Kier molecular flexibility index (Phi) is 6.03. The summed E-state index contributed by atoms with van der Waals surface area (Å²) < 4.78 is 4.55. The first-order valence-electron chi connectivity index (χ1n) is 3.42. The fraction of sp³-hybridized carbons (Fsp3) is 0.250. The van der Waals surface area contributed by atoms with Crippen LogP contribution in [0.3, 0.4) is 0 Å². The van der Waals surface area contributed by atoms with Crippen molar-refractivity contribution in [3.05, 3.63) is 22.2 Å².